The Labute approximate surface area is 206 Å². The van der Waals surface area contributed by atoms with E-state index in [1.54, 1.807) is 0 Å². The van der Waals surface area contributed by atoms with E-state index in [0.717, 1.165) is 39.0 Å². The fourth-order valence-electron chi connectivity index (χ4n) is 4.13. The highest BCUT2D eigenvalue weighted by Crippen LogP contribution is 2.10. The monoisotopic (exact) mass is 473 g/mol. The lowest BCUT2D eigenvalue weighted by Crippen LogP contribution is -2.41. The first-order chi connectivity index (χ1) is 16.1. The summed E-state index contributed by atoms with van der Waals surface area (Å²) in [5, 5.41) is 21.0. The van der Waals surface area contributed by atoms with Crippen LogP contribution in [0.25, 0.3) is 0 Å². The Morgan fingerprint density at radius 1 is 0.515 bits per heavy atom. The number of ether oxygens (including phenoxy) is 2. The van der Waals surface area contributed by atoms with E-state index >= 15 is 0 Å². The molecule has 5 heteroatoms. The highest BCUT2D eigenvalue weighted by molar-refractivity contribution is 4.69. The molecule has 0 saturated carbocycles. The molecule has 2 N–H and O–H groups in total. The van der Waals surface area contributed by atoms with Gasteiger partial charge in [-0.1, -0.05) is 104 Å². The van der Waals surface area contributed by atoms with E-state index < -0.39 is 12.2 Å². The quantitative estimate of drug-likeness (QED) is 0.136. The van der Waals surface area contributed by atoms with Crippen molar-refractivity contribution < 1.29 is 19.7 Å². The Balaban J connectivity index is 4.19. The molecule has 0 rings (SSSR count). The van der Waals surface area contributed by atoms with Crippen molar-refractivity contribution in [2.45, 2.75) is 136 Å². The molecular weight excluding hydrogens is 414 g/mol. The molecule has 0 aromatic heterocycles. The predicted octanol–water partition coefficient (Wildman–Crippen LogP) is 6.34. The number of rotatable bonds is 27. The van der Waals surface area contributed by atoms with Crippen molar-refractivity contribution in [3.8, 4) is 0 Å². The third kappa shape index (κ3) is 24.7. The fourth-order valence-corrected chi connectivity index (χ4v) is 4.13. The Bertz CT molecular complexity index is 346. The lowest BCUT2D eigenvalue weighted by atomic mass is 10.1. The highest BCUT2D eigenvalue weighted by Gasteiger charge is 2.16. The van der Waals surface area contributed by atoms with Crippen LogP contribution < -0.4 is 0 Å². The van der Waals surface area contributed by atoms with Gasteiger partial charge >= 0.3 is 0 Å². The number of nitrogens with zero attached hydrogens (tertiary/aromatic N) is 1. The van der Waals surface area contributed by atoms with Crippen LogP contribution in [0.1, 0.15) is 124 Å². The maximum absolute atomic E-state index is 10.5. The van der Waals surface area contributed by atoms with Gasteiger partial charge in [0.2, 0.25) is 0 Å². The zero-order valence-corrected chi connectivity index (χ0v) is 22.6. The molecule has 33 heavy (non-hydrogen) atoms. The average Bonchev–Trinajstić information content (AvgIpc) is 2.80. The molecule has 5 nitrogen and oxygen atoms in total. The van der Waals surface area contributed by atoms with Crippen molar-refractivity contribution in [2.75, 3.05) is 46.1 Å². The van der Waals surface area contributed by atoms with Crippen molar-refractivity contribution in [3.63, 3.8) is 0 Å². The zero-order valence-electron chi connectivity index (χ0n) is 22.6. The molecule has 0 aromatic carbocycles. The van der Waals surface area contributed by atoms with E-state index in [1.165, 1.54) is 83.5 Å². The largest absolute Gasteiger partial charge is 0.389 e. The molecule has 0 radical (unpaired) electrons. The van der Waals surface area contributed by atoms with Crippen LogP contribution in [0.2, 0.25) is 0 Å². The van der Waals surface area contributed by atoms with Gasteiger partial charge in [-0.05, 0) is 25.8 Å². The van der Waals surface area contributed by atoms with E-state index in [4.69, 9.17) is 9.47 Å². The molecule has 2 unspecified atom stereocenters. The minimum Gasteiger partial charge on any atom is -0.389 e. The van der Waals surface area contributed by atoms with Crippen LogP contribution in [0, 0.1) is 0 Å². The van der Waals surface area contributed by atoms with Crippen molar-refractivity contribution >= 4 is 0 Å². The average molecular weight is 474 g/mol. The topological polar surface area (TPSA) is 62.2 Å². The van der Waals surface area contributed by atoms with Gasteiger partial charge in [-0.3, -0.25) is 4.90 Å². The van der Waals surface area contributed by atoms with Crippen LogP contribution in [0.15, 0.2) is 0 Å². The van der Waals surface area contributed by atoms with Gasteiger partial charge in [-0.15, -0.1) is 0 Å². The second kappa shape index (κ2) is 26.4. The van der Waals surface area contributed by atoms with Crippen LogP contribution in [-0.2, 0) is 9.47 Å². The molecule has 0 saturated heterocycles. The Morgan fingerprint density at radius 3 is 1.30 bits per heavy atom. The molecule has 2 atom stereocenters. The van der Waals surface area contributed by atoms with Gasteiger partial charge in [-0.25, -0.2) is 0 Å². The predicted molar refractivity (Wildman–Crippen MR) is 141 cm³/mol. The second-order valence-corrected chi connectivity index (χ2v) is 9.81. The summed E-state index contributed by atoms with van der Waals surface area (Å²) >= 11 is 0. The second-order valence-electron chi connectivity index (χ2n) is 9.81. The van der Waals surface area contributed by atoms with E-state index in [9.17, 15) is 10.2 Å². The maximum atomic E-state index is 10.5. The van der Waals surface area contributed by atoms with Gasteiger partial charge < -0.3 is 19.7 Å². The number of hydrogen-bond acceptors (Lipinski definition) is 5. The first kappa shape index (κ1) is 32.8. The van der Waals surface area contributed by atoms with Gasteiger partial charge in [0.15, 0.2) is 0 Å². The third-order valence-corrected chi connectivity index (χ3v) is 6.17. The lowest BCUT2D eigenvalue weighted by molar-refractivity contribution is -0.0113. The smallest absolute Gasteiger partial charge is 0.0900 e. The maximum Gasteiger partial charge on any atom is 0.0900 e. The van der Waals surface area contributed by atoms with Crippen LogP contribution in [-0.4, -0.2) is 73.4 Å². The summed E-state index contributed by atoms with van der Waals surface area (Å²) in [5.74, 6) is 0. The molecule has 0 aliphatic carbocycles. The lowest BCUT2D eigenvalue weighted by Gasteiger charge is -2.27. The van der Waals surface area contributed by atoms with Gasteiger partial charge in [0.05, 0.1) is 25.4 Å². The molecule has 0 fully saturated rings. The first-order valence-corrected chi connectivity index (χ1v) is 14.4. The normalized spacial score (nSPS) is 13.6. The first-order valence-electron chi connectivity index (χ1n) is 14.4. The Kier molecular flexibility index (Phi) is 26.2. The minimum atomic E-state index is -0.507. The van der Waals surface area contributed by atoms with Crippen molar-refractivity contribution in [1.29, 1.82) is 0 Å². The van der Waals surface area contributed by atoms with E-state index in [-0.39, 0.29) is 0 Å². The third-order valence-electron chi connectivity index (χ3n) is 6.17. The summed E-state index contributed by atoms with van der Waals surface area (Å²) in [6, 6.07) is 0. The highest BCUT2D eigenvalue weighted by atomic mass is 16.5. The van der Waals surface area contributed by atoms with Crippen LogP contribution in [0.5, 0.6) is 0 Å². The van der Waals surface area contributed by atoms with Crippen molar-refractivity contribution in [2.24, 2.45) is 0 Å². The molecule has 0 heterocycles. The summed E-state index contributed by atoms with van der Waals surface area (Å²) in [6.45, 7) is 10.9. The number of aliphatic hydroxyl groups is 2. The molecule has 200 valence electrons. The number of hydrogen-bond donors (Lipinski definition) is 2. The SMILES string of the molecule is CCCCCCCCCCN(CC(O)COCCCCCC)CC(O)COCCCCCC. The summed E-state index contributed by atoms with van der Waals surface area (Å²) in [7, 11) is 0. The van der Waals surface area contributed by atoms with Crippen molar-refractivity contribution in [1.82, 2.24) is 4.90 Å². The Morgan fingerprint density at radius 2 is 0.879 bits per heavy atom. The molecule has 0 aliphatic heterocycles. The van der Waals surface area contributed by atoms with Gasteiger partial charge in [0, 0.05) is 26.3 Å². The van der Waals surface area contributed by atoms with Crippen molar-refractivity contribution in [3.05, 3.63) is 0 Å². The number of aliphatic hydroxyl groups excluding tert-OH is 2. The molecule has 0 spiro atoms. The van der Waals surface area contributed by atoms with E-state index in [1.807, 2.05) is 0 Å². The van der Waals surface area contributed by atoms with Crippen LogP contribution in [0.4, 0.5) is 0 Å². The van der Waals surface area contributed by atoms with E-state index in [2.05, 4.69) is 25.7 Å². The molecule has 0 bridgehead atoms. The Hall–Kier alpha value is -0.200. The van der Waals surface area contributed by atoms with Crippen LogP contribution >= 0.6 is 0 Å². The van der Waals surface area contributed by atoms with Gasteiger partial charge in [0.25, 0.3) is 0 Å². The standard InChI is InChI=1S/C28H59NO4/c1-4-7-10-13-14-15-16-17-20-29(23-27(30)25-32-21-18-11-8-5-2)24-28(31)26-33-22-19-12-9-6-3/h27-28,30-31H,4-26H2,1-3H3. The summed E-state index contributed by atoms with van der Waals surface area (Å²) in [5.41, 5.74) is 0. The minimum absolute atomic E-state index is 0.379. The molecule has 0 aromatic rings. The number of unbranched alkanes of at least 4 members (excludes halogenated alkanes) is 13. The fraction of sp³-hybridized carbons (Fsp3) is 1.00. The van der Waals surface area contributed by atoms with E-state index in [0.29, 0.717) is 26.3 Å². The summed E-state index contributed by atoms with van der Waals surface area (Å²) in [4.78, 5) is 2.20. The van der Waals surface area contributed by atoms with Gasteiger partial charge in [0.1, 0.15) is 0 Å². The summed E-state index contributed by atoms with van der Waals surface area (Å²) < 4.78 is 11.4. The molecule has 0 aliphatic rings. The van der Waals surface area contributed by atoms with Crippen LogP contribution in [0.3, 0.4) is 0 Å². The summed E-state index contributed by atoms with van der Waals surface area (Å²) in [6.07, 6.45) is 18.7. The van der Waals surface area contributed by atoms with Gasteiger partial charge in [-0.2, -0.15) is 0 Å². The molecule has 0 amide bonds. The molecular formula is C28H59NO4. The zero-order chi connectivity index (χ0) is 24.4.